The number of hydrogen-bond acceptors (Lipinski definition) is 3. The van der Waals surface area contributed by atoms with E-state index in [4.69, 9.17) is 15.9 Å². The summed E-state index contributed by atoms with van der Waals surface area (Å²) in [7, 11) is 0. The summed E-state index contributed by atoms with van der Waals surface area (Å²) >= 11 is 0. The Balaban J connectivity index is 2.44. The normalized spacial score (nSPS) is 11.2. The number of para-hydroxylation sites is 1. The minimum atomic E-state index is -4.54. The molecule has 0 saturated carbocycles. The van der Waals surface area contributed by atoms with Crippen LogP contribution < -0.4 is 10.5 Å². The SMILES string of the molecule is N=C(N)c1cccnc1Oc1ccccc1C(F)(F)F. The smallest absolute Gasteiger partial charge is 0.419 e. The molecule has 0 atom stereocenters. The molecule has 0 aliphatic heterocycles. The van der Waals surface area contributed by atoms with Crippen LogP contribution in [0.3, 0.4) is 0 Å². The lowest BCUT2D eigenvalue weighted by molar-refractivity contribution is -0.138. The van der Waals surface area contributed by atoms with Gasteiger partial charge in [-0.2, -0.15) is 13.2 Å². The molecule has 0 fully saturated rings. The van der Waals surface area contributed by atoms with Gasteiger partial charge in [0.2, 0.25) is 5.88 Å². The first-order chi connectivity index (χ1) is 9.39. The Morgan fingerprint density at radius 3 is 2.50 bits per heavy atom. The predicted molar refractivity (Wildman–Crippen MR) is 66.8 cm³/mol. The number of nitrogens with one attached hydrogen (secondary N) is 1. The first kappa shape index (κ1) is 13.9. The number of benzene rings is 1. The van der Waals surface area contributed by atoms with Crippen molar-refractivity contribution in [2.75, 3.05) is 0 Å². The fourth-order valence-corrected chi connectivity index (χ4v) is 1.57. The number of ether oxygens (including phenoxy) is 1. The number of nitrogen functional groups attached to an aromatic ring is 1. The van der Waals surface area contributed by atoms with Gasteiger partial charge in [0, 0.05) is 6.20 Å². The number of nitrogens with two attached hydrogens (primary N) is 1. The zero-order valence-corrected chi connectivity index (χ0v) is 10.1. The van der Waals surface area contributed by atoms with E-state index in [0.717, 1.165) is 6.07 Å². The third-order valence-electron chi connectivity index (χ3n) is 2.46. The predicted octanol–water partition coefficient (Wildman–Crippen LogP) is 3.18. The zero-order valence-electron chi connectivity index (χ0n) is 10.1. The average Bonchev–Trinajstić information content (AvgIpc) is 2.38. The molecular formula is C13H10F3N3O. The fourth-order valence-electron chi connectivity index (χ4n) is 1.57. The van der Waals surface area contributed by atoms with E-state index in [-0.39, 0.29) is 23.0 Å². The molecule has 0 amide bonds. The van der Waals surface area contributed by atoms with Crippen molar-refractivity contribution in [3.05, 3.63) is 53.7 Å². The molecule has 2 aromatic rings. The van der Waals surface area contributed by atoms with Crippen LogP contribution in [0.2, 0.25) is 0 Å². The first-order valence-corrected chi connectivity index (χ1v) is 5.53. The van der Waals surface area contributed by atoms with E-state index in [1.165, 1.54) is 36.5 Å². The van der Waals surface area contributed by atoms with Crippen LogP contribution in [-0.2, 0) is 6.18 Å². The molecule has 0 bridgehead atoms. The van der Waals surface area contributed by atoms with E-state index in [1.807, 2.05) is 0 Å². The van der Waals surface area contributed by atoms with Gasteiger partial charge in [-0.3, -0.25) is 5.41 Å². The Labute approximate surface area is 112 Å². The molecule has 1 heterocycles. The molecule has 0 aliphatic carbocycles. The summed E-state index contributed by atoms with van der Waals surface area (Å²) in [5, 5.41) is 7.35. The summed E-state index contributed by atoms with van der Waals surface area (Å²) in [5.74, 6) is -0.865. The Hall–Kier alpha value is -2.57. The Morgan fingerprint density at radius 1 is 1.15 bits per heavy atom. The minimum Gasteiger partial charge on any atom is -0.438 e. The van der Waals surface area contributed by atoms with E-state index in [2.05, 4.69) is 4.98 Å². The van der Waals surface area contributed by atoms with Crippen LogP contribution >= 0.6 is 0 Å². The highest BCUT2D eigenvalue weighted by molar-refractivity contribution is 5.97. The lowest BCUT2D eigenvalue weighted by Crippen LogP contribution is -2.13. The van der Waals surface area contributed by atoms with Gasteiger partial charge >= 0.3 is 6.18 Å². The van der Waals surface area contributed by atoms with Gasteiger partial charge in [-0.05, 0) is 24.3 Å². The van der Waals surface area contributed by atoms with Gasteiger partial charge in [-0.25, -0.2) is 4.98 Å². The minimum absolute atomic E-state index is 0.129. The molecule has 0 saturated heterocycles. The number of pyridine rings is 1. The molecule has 20 heavy (non-hydrogen) atoms. The highest BCUT2D eigenvalue weighted by Gasteiger charge is 2.34. The molecule has 0 radical (unpaired) electrons. The average molecular weight is 281 g/mol. The molecule has 1 aromatic carbocycles. The third kappa shape index (κ3) is 2.87. The Morgan fingerprint density at radius 2 is 1.85 bits per heavy atom. The second-order valence-corrected chi connectivity index (χ2v) is 3.87. The van der Waals surface area contributed by atoms with Crippen molar-refractivity contribution >= 4 is 5.84 Å². The standard InChI is InChI=1S/C13H10F3N3O/c14-13(15,16)9-5-1-2-6-10(9)20-12-8(11(17)18)4-3-7-19-12/h1-7H,(H3,17,18). The number of aromatic nitrogens is 1. The molecule has 3 N–H and O–H groups in total. The van der Waals surface area contributed by atoms with E-state index in [9.17, 15) is 13.2 Å². The van der Waals surface area contributed by atoms with Crippen LogP contribution in [0, 0.1) is 5.41 Å². The number of alkyl halides is 3. The molecule has 0 unspecified atom stereocenters. The largest absolute Gasteiger partial charge is 0.438 e. The van der Waals surface area contributed by atoms with Gasteiger partial charge in [0.15, 0.2) is 0 Å². The van der Waals surface area contributed by atoms with E-state index >= 15 is 0 Å². The van der Waals surface area contributed by atoms with E-state index in [1.54, 1.807) is 0 Å². The highest BCUT2D eigenvalue weighted by Crippen LogP contribution is 2.37. The summed E-state index contributed by atoms with van der Waals surface area (Å²) in [6.45, 7) is 0. The summed E-state index contributed by atoms with van der Waals surface area (Å²) in [6, 6.07) is 7.73. The molecule has 0 spiro atoms. The van der Waals surface area contributed by atoms with Gasteiger partial charge in [0.25, 0.3) is 0 Å². The van der Waals surface area contributed by atoms with Crippen LogP contribution in [0.25, 0.3) is 0 Å². The number of amidine groups is 1. The van der Waals surface area contributed by atoms with Crippen molar-refractivity contribution in [2.24, 2.45) is 5.73 Å². The summed E-state index contributed by atoms with van der Waals surface area (Å²) in [4.78, 5) is 3.81. The number of hydrogen-bond donors (Lipinski definition) is 2. The maximum Gasteiger partial charge on any atom is 0.419 e. The molecule has 4 nitrogen and oxygen atoms in total. The van der Waals surface area contributed by atoms with Crippen molar-refractivity contribution in [3.8, 4) is 11.6 Å². The number of nitrogens with zero attached hydrogens (tertiary/aromatic N) is 1. The number of rotatable bonds is 3. The monoisotopic (exact) mass is 281 g/mol. The van der Waals surface area contributed by atoms with Gasteiger partial charge in [-0.15, -0.1) is 0 Å². The van der Waals surface area contributed by atoms with Gasteiger partial charge in [0.05, 0.1) is 11.1 Å². The van der Waals surface area contributed by atoms with Gasteiger partial charge < -0.3 is 10.5 Å². The quantitative estimate of drug-likeness (QED) is 0.670. The van der Waals surface area contributed by atoms with Gasteiger partial charge in [-0.1, -0.05) is 12.1 Å². The van der Waals surface area contributed by atoms with E-state index < -0.39 is 11.7 Å². The lowest BCUT2D eigenvalue weighted by atomic mass is 10.2. The molecule has 104 valence electrons. The van der Waals surface area contributed by atoms with Crippen LogP contribution in [0.4, 0.5) is 13.2 Å². The third-order valence-corrected chi connectivity index (χ3v) is 2.46. The molecule has 0 aliphatic rings. The Bertz CT molecular complexity index is 641. The topological polar surface area (TPSA) is 72.0 Å². The van der Waals surface area contributed by atoms with Crippen LogP contribution in [-0.4, -0.2) is 10.8 Å². The van der Waals surface area contributed by atoms with Crippen molar-refractivity contribution < 1.29 is 17.9 Å². The maximum atomic E-state index is 12.8. The van der Waals surface area contributed by atoms with Crippen LogP contribution in [0.15, 0.2) is 42.6 Å². The molecule has 1 aromatic heterocycles. The van der Waals surface area contributed by atoms with Crippen molar-refractivity contribution in [1.29, 1.82) is 5.41 Å². The Kier molecular flexibility index (Phi) is 3.60. The zero-order chi connectivity index (χ0) is 14.8. The summed E-state index contributed by atoms with van der Waals surface area (Å²) in [5.41, 5.74) is 4.55. The lowest BCUT2D eigenvalue weighted by Gasteiger charge is -2.14. The van der Waals surface area contributed by atoms with Crippen molar-refractivity contribution in [1.82, 2.24) is 4.98 Å². The highest BCUT2D eigenvalue weighted by atomic mass is 19.4. The second-order valence-electron chi connectivity index (χ2n) is 3.87. The molecular weight excluding hydrogens is 271 g/mol. The van der Waals surface area contributed by atoms with Gasteiger partial charge in [0.1, 0.15) is 11.6 Å². The summed E-state index contributed by atoms with van der Waals surface area (Å²) in [6.07, 6.45) is -3.19. The van der Waals surface area contributed by atoms with Crippen molar-refractivity contribution in [2.45, 2.75) is 6.18 Å². The molecule has 7 heteroatoms. The number of halogens is 3. The van der Waals surface area contributed by atoms with Crippen molar-refractivity contribution in [3.63, 3.8) is 0 Å². The fraction of sp³-hybridized carbons (Fsp3) is 0.0769. The second kappa shape index (κ2) is 5.20. The summed E-state index contributed by atoms with van der Waals surface area (Å²) < 4.78 is 43.7. The first-order valence-electron chi connectivity index (χ1n) is 5.53. The maximum absolute atomic E-state index is 12.8. The van der Waals surface area contributed by atoms with E-state index in [0.29, 0.717) is 0 Å². The van der Waals surface area contributed by atoms with Crippen LogP contribution in [0.5, 0.6) is 11.6 Å². The molecule has 2 rings (SSSR count). The van der Waals surface area contributed by atoms with Crippen LogP contribution in [0.1, 0.15) is 11.1 Å².